The van der Waals surface area contributed by atoms with E-state index < -0.39 is 10.0 Å². The molecule has 0 radical (unpaired) electrons. The highest BCUT2D eigenvalue weighted by Gasteiger charge is 2.19. The largest absolute Gasteiger partial charge is 0.350 e. The van der Waals surface area contributed by atoms with Gasteiger partial charge in [0.1, 0.15) is 0 Å². The third-order valence-electron chi connectivity index (χ3n) is 3.88. The number of carbonyl (C=O) groups excluding carboxylic acids is 1. The van der Waals surface area contributed by atoms with Crippen molar-refractivity contribution in [2.45, 2.75) is 24.8 Å². The van der Waals surface area contributed by atoms with Crippen LogP contribution in [0.5, 0.6) is 0 Å². The van der Waals surface area contributed by atoms with E-state index in [2.05, 4.69) is 15.4 Å². The molecule has 1 atom stereocenters. The number of carbonyl (C=O) groups is 1. The monoisotopic (exact) mass is 431 g/mol. The highest BCUT2D eigenvalue weighted by Crippen LogP contribution is 2.22. The summed E-state index contributed by atoms with van der Waals surface area (Å²) in [6.07, 6.45) is 0. The van der Waals surface area contributed by atoms with Crippen LogP contribution in [0.3, 0.4) is 0 Å². The topological polar surface area (TPSA) is 87.3 Å². The Bertz CT molecular complexity index is 904. The van der Waals surface area contributed by atoms with Crippen LogP contribution in [0.1, 0.15) is 22.8 Å². The number of aryl methyl sites for hydroxylation is 1. The zero-order valence-electron chi connectivity index (χ0n) is 15.2. The van der Waals surface area contributed by atoms with E-state index in [1.165, 1.54) is 12.1 Å². The predicted octanol–water partition coefficient (Wildman–Crippen LogP) is 3.21. The highest BCUT2D eigenvalue weighted by atomic mass is 35.5. The zero-order chi connectivity index (χ0) is 19.3. The molecule has 2 aromatic carbocycles. The van der Waals surface area contributed by atoms with Gasteiger partial charge >= 0.3 is 0 Å². The molecule has 0 aromatic heterocycles. The van der Waals surface area contributed by atoms with Gasteiger partial charge in [-0.3, -0.25) is 9.52 Å². The molecule has 1 unspecified atom stereocenters. The average Bonchev–Trinajstić information content (AvgIpc) is 2.59. The van der Waals surface area contributed by atoms with E-state index in [-0.39, 0.29) is 34.8 Å². The molecule has 0 bridgehead atoms. The van der Waals surface area contributed by atoms with Crippen molar-refractivity contribution in [3.8, 4) is 0 Å². The van der Waals surface area contributed by atoms with Gasteiger partial charge in [-0.15, -0.1) is 12.4 Å². The van der Waals surface area contributed by atoms with Gasteiger partial charge in [-0.2, -0.15) is 0 Å². The van der Waals surface area contributed by atoms with Crippen molar-refractivity contribution in [2.24, 2.45) is 0 Å². The van der Waals surface area contributed by atoms with Crippen molar-refractivity contribution in [3.05, 3.63) is 58.6 Å². The van der Waals surface area contributed by atoms with E-state index >= 15 is 0 Å². The molecule has 2 rings (SSSR count). The number of nitrogens with one attached hydrogen (secondary N) is 3. The summed E-state index contributed by atoms with van der Waals surface area (Å²) in [5, 5.41) is 6.21. The summed E-state index contributed by atoms with van der Waals surface area (Å²) in [4.78, 5) is 12.3. The highest BCUT2D eigenvalue weighted by molar-refractivity contribution is 7.92. The molecular weight excluding hydrogens is 409 g/mol. The van der Waals surface area contributed by atoms with Crippen molar-refractivity contribution >= 4 is 45.6 Å². The van der Waals surface area contributed by atoms with E-state index in [9.17, 15) is 13.2 Å². The second kappa shape index (κ2) is 9.94. The van der Waals surface area contributed by atoms with E-state index in [0.29, 0.717) is 22.8 Å². The lowest BCUT2D eigenvalue weighted by Crippen LogP contribution is -2.37. The summed E-state index contributed by atoms with van der Waals surface area (Å²) >= 11 is 5.90. The molecule has 3 N–H and O–H groups in total. The summed E-state index contributed by atoms with van der Waals surface area (Å²) in [5.74, 6) is -0.327. The first kappa shape index (κ1) is 23.2. The van der Waals surface area contributed by atoms with Gasteiger partial charge in [-0.1, -0.05) is 23.7 Å². The Morgan fingerprint density at radius 1 is 1.19 bits per heavy atom. The number of benzene rings is 2. The minimum Gasteiger partial charge on any atom is -0.350 e. The number of anilines is 1. The number of rotatable bonds is 7. The fourth-order valence-electron chi connectivity index (χ4n) is 2.24. The third kappa shape index (κ3) is 6.39. The molecule has 0 spiro atoms. The van der Waals surface area contributed by atoms with E-state index in [1.54, 1.807) is 44.3 Å². The van der Waals surface area contributed by atoms with Crippen LogP contribution < -0.4 is 15.4 Å². The van der Waals surface area contributed by atoms with Crippen LogP contribution in [-0.4, -0.2) is 34.0 Å². The second-order valence-electron chi connectivity index (χ2n) is 6.00. The maximum absolute atomic E-state index is 12.7. The summed E-state index contributed by atoms with van der Waals surface area (Å²) < 4.78 is 27.9. The number of hydrogen-bond donors (Lipinski definition) is 3. The Hall–Kier alpha value is -1.80. The van der Waals surface area contributed by atoms with Crippen LogP contribution in [0.25, 0.3) is 0 Å². The van der Waals surface area contributed by atoms with Crippen LogP contribution in [0.2, 0.25) is 5.02 Å². The SMILES string of the molecule is CNC(C)CNC(=O)c1ccc(C)c(S(=O)(=O)Nc2cccc(Cl)c2)c1.Cl. The third-order valence-corrected chi connectivity index (χ3v) is 5.64. The van der Waals surface area contributed by atoms with Crippen LogP contribution >= 0.6 is 24.0 Å². The molecule has 0 saturated heterocycles. The first-order valence-electron chi connectivity index (χ1n) is 8.07. The van der Waals surface area contributed by atoms with Gasteiger partial charge in [-0.05, 0) is 56.8 Å². The van der Waals surface area contributed by atoms with Gasteiger partial charge < -0.3 is 10.6 Å². The van der Waals surface area contributed by atoms with Crippen molar-refractivity contribution < 1.29 is 13.2 Å². The van der Waals surface area contributed by atoms with Crippen molar-refractivity contribution in [3.63, 3.8) is 0 Å². The smallest absolute Gasteiger partial charge is 0.262 e. The molecule has 0 fully saturated rings. The molecule has 0 saturated carbocycles. The number of amides is 1. The minimum absolute atomic E-state index is 0. The maximum Gasteiger partial charge on any atom is 0.262 e. The molecule has 1 amide bonds. The van der Waals surface area contributed by atoms with Gasteiger partial charge in [0.15, 0.2) is 0 Å². The minimum atomic E-state index is -3.85. The number of sulfonamides is 1. The molecule has 0 aliphatic carbocycles. The quantitative estimate of drug-likeness (QED) is 0.627. The number of likely N-dealkylation sites (N-methyl/N-ethyl adjacent to an activating group) is 1. The van der Waals surface area contributed by atoms with Gasteiger partial charge in [-0.25, -0.2) is 8.42 Å². The summed E-state index contributed by atoms with van der Waals surface area (Å²) in [6, 6.07) is 11.1. The van der Waals surface area contributed by atoms with Crippen LogP contribution in [0, 0.1) is 6.92 Å². The lowest BCUT2D eigenvalue weighted by Gasteiger charge is -2.14. The van der Waals surface area contributed by atoms with Gasteiger partial charge in [0.05, 0.1) is 10.6 Å². The van der Waals surface area contributed by atoms with Crippen LogP contribution in [-0.2, 0) is 10.0 Å². The van der Waals surface area contributed by atoms with Gasteiger partial charge in [0.2, 0.25) is 0 Å². The summed E-state index contributed by atoms with van der Waals surface area (Å²) in [7, 11) is -2.05. The molecule has 0 aliphatic heterocycles. The first-order chi connectivity index (χ1) is 12.2. The molecule has 2 aromatic rings. The molecule has 0 aliphatic rings. The Morgan fingerprint density at radius 3 is 2.52 bits per heavy atom. The number of halogens is 2. The maximum atomic E-state index is 12.7. The van der Waals surface area contributed by atoms with Crippen LogP contribution in [0.15, 0.2) is 47.4 Å². The number of hydrogen-bond acceptors (Lipinski definition) is 4. The van der Waals surface area contributed by atoms with Crippen molar-refractivity contribution in [1.82, 2.24) is 10.6 Å². The lowest BCUT2D eigenvalue weighted by molar-refractivity contribution is 0.0950. The van der Waals surface area contributed by atoms with E-state index in [4.69, 9.17) is 11.6 Å². The fraction of sp³-hybridized carbons (Fsp3) is 0.278. The standard InChI is InChI=1S/C18H22ClN3O3S.ClH/c1-12-7-8-14(18(23)21-11-13(2)20-3)9-17(12)26(24,25)22-16-6-4-5-15(19)10-16;/h4-10,13,20,22H,11H2,1-3H3,(H,21,23);1H. The molecule has 27 heavy (non-hydrogen) atoms. The molecule has 6 nitrogen and oxygen atoms in total. The predicted molar refractivity (Wildman–Crippen MR) is 112 cm³/mol. The second-order valence-corrected chi connectivity index (χ2v) is 8.08. The Balaban J connectivity index is 0.00000364. The zero-order valence-corrected chi connectivity index (χ0v) is 17.6. The average molecular weight is 432 g/mol. The van der Waals surface area contributed by atoms with E-state index in [1.807, 2.05) is 6.92 Å². The Labute approximate surface area is 171 Å². The Morgan fingerprint density at radius 2 is 1.89 bits per heavy atom. The summed E-state index contributed by atoms with van der Waals surface area (Å²) in [5.41, 5.74) is 1.18. The molecule has 9 heteroatoms. The van der Waals surface area contributed by atoms with Crippen molar-refractivity contribution in [1.29, 1.82) is 0 Å². The fourth-order valence-corrected chi connectivity index (χ4v) is 3.75. The lowest BCUT2D eigenvalue weighted by atomic mass is 10.1. The normalized spacial score (nSPS) is 12.0. The van der Waals surface area contributed by atoms with Crippen LogP contribution in [0.4, 0.5) is 5.69 Å². The van der Waals surface area contributed by atoms with E-state index in [0.717, 1.165) is 0 Å². The molecule has 0 heterocycles. The molecular formula is C18H23Cl2N3O3S. The Kier molecular flexibility index (Phi) is 8.56. The first-order valence-corrected chi connectivity index (χ1v) is 9.93. The van der Waals surface area contributed by atoms with Crippen molar-refractivity contribution in [2.75, 3.05) is 18.3 Å². The van der Waals surface area contributed by atoms with Gasteiger partial charge in [0, 0.05) is 23.2 Å². The van der Waals surface area contributed by atoms with Gasteiger partial charge in [0.25, 0.3) is 15.9 Å². The summed E-state index contributed by atoms with van der Waals surface area (Å²) in [6.45, 7) is 4.05. The molecule has 148 valence electrons.